The number of anilines is 2. The fourth-order valence-corrected chi connectivity index (χ4v) is 1.25. The van der Waals surface area contributed by atoms with E-state index in [1.807, 2.05) is 6.07 Å². The Kier molecular flexibility index (Phi) is 3.96. The molecule has 0 aliphatic carbocycles. The molecule has 1 heterocycles. The van der Waals surface area contributed by atoms with Crippen molar-refractivity contribution in [1.29, 1.82) is 5.26 Å². The highest BCUT2D eigenvalue weighted by Crippen LogP contribution is 2.28. The van der Waals surface area contributed by atoms with Gasteiger partial charge in [-0.1, -0.05) is 0 Å². The summed E-state index contributed by atoms with van der Waals surface area (Å²) in [5.74, 6) is -1.51. The van der Waals surface area contributed by atoms with Crippen molar-refractivity contribution < 1.29 is 13.2 Å². The van der Waals surface area contributed by atoms with Gasteiger partial charge in [0.1, 0.15) is 11.6 Å². The molecule has 1 atom stereocenters. The standard InChI is InChI=1S/C10H12F3N5/c1-6(3-4-14)18(2)8-5-7(15)16-9(17-8)10(11,12)13/h5-6H,3H2,1-2H3,(H2,15,16,17). The first-order valence-corrected chi connectivity index (χ1v) is 5.07. The van der Waals surface area contributed by atoms with Gasteiger partial charge in [0.2, 0.25) is 5.82 Å². The largest absolute Gasteiger partial charge is 0.451 e. The first-order chi connectivity index (χ1) is 8.25. The second-order valence-electron chi connectivity index (χ2n) is 3.79. The Balaban J connectivity index is 3.11. The van der Waals surface area contributed by atoms with E-state index in [4.69, 9.17) is 11.0 Å². The Bertz CT molecular complexity index is 466. The van der Waals surface area contributed by atoms with E-state index >= 15 is 0 Å². The third-order valence-corrected chi connectivity index (χ3v) is 2.40. The highest BCUT2D eigenvalue weighted by atomic mass is 19.4. The van der Waals surface area contributed by atoms with Crippen molar-refractivity contribution in [2.45, 2.75) is 25.6 Å². The number of rotatable bonds is 3. The van der Waals surface area contributed by atoms with Crippen molar-refractivity contribution in [2.75, 3.05) is 17.7 Å². The van der Waals surface area contributed by atoms with Gasteiger partial charge in [-0.25, -0.2) is 9.97 Å². The number of nitrogen functional groups attached to an aromatic ring is 1. The van der Waals surface area contributed by atoms with Crippen LogP contribution in [0.25, 0.3) is 0 Å². The molecule has 0 aliphatic heterocycles. The second kappa shape index (κ2) is 5.08. The van der Waals surface area contributed by atoms with Crippen LogP contribution in [0.15, 0.2) is 6.07 Å². The highest BCUT2D eigenvalue weighted by molar-refractivity contribution is 5.47. The third-order valence-electron chi connectivity index (χ3n) is 2.40. The van der Waals surface area contributed by atoms with E-state index in [0.29, 0.717) is 0 Å². The summed E-state index contributed by atoms with van der Waals surface area (Å²) in [5, 5.41) is 8.56. The van der Waals surface area contributed by atoms with Crippen LogP contribution in [0.2, 0.25) is 0 Å². The van der Waals surface area contributed by atoms with E-state index < -0.39 is 12.0 Å². The lowest BCUT2D eigenvalue weighted by atomic mass is 10.2. The van der Waals surface area contributed by atoms with Crippen LogP contribution in [0.4, 0.5) is 24.8 Å². The minimum Gasteiger partial charge on any atom is -0.384 e. The van der Waals surface area contributed by atoms with E-state index in [0.717, 1.165) is 0 Å². The van der Waals surface area contributed by atoms with Crippen molar-refractivity contribution in [1.82, 2.24) is 9.97 Å². The molecule has 0 fully saturated rings. The molecule has 1 aromatic heterocycles. The molecule has 5 nitrogen and oxygen atoms in total. The molecule has 2 N–H and O–H groups in total. The van der Waals surface area contributed by atoms with Gasteiger partial charge in [0, 0.05) is 19.2 Å². The van der Waals surface area contributed by atoms with Gasteiger partial charge < -0.3 is 10.6 Å². The number of nitrogens with zero attached hydrogens (tertiary/aromatic N) is 4. The second-order valence-corrected chi connectivity index (χ2v) is 3.79. The molecule has 0 saturated carbocycles. The maximum Gasteiger partial charge on any atom is 0.451 e. The predicted octanol–water partition coefficient (Wildman–Crippen LogP) is 1.82. The van der Waals surface area contributed by atoms with Crippen molar-refractivity contribution in [3.8, 4) is 6.07 Å². The third kappa shape index (κ3) is 3.23. The summed E-state index contributed by atoms with van der Waals surface area (Å²) in [6.45, 7) is 1.70. The Labute approximate surface area is 102 Å². The summed E-state index contributed by atoms with van der Waals surface area (Å²) in [4.78, 5) is 8.01. The van der Waals surface area contributed by atoms with Gasteiger partial charge in [-0.3, -0.25) is 0 Å². The number of hydrogen-bond donors (Lipinski definition) is 1. The smallest absolute Gasteiger partial charge is 0.384 e. The van der Waals surface area contributed by atoms with Gasteiger partial charge >= 0.3 is 6.18 Å². The Hall–Kier alpha value is -2.04. The zero-order valence-corrected chi connectivity index (χ0v) is 9.86. The quantitative estimate of drug-likeness (QED) is 0.895. The van der Waals surface area contributed by atoms with E-state index in [9.17, 15) is 13.2 Å². The SMILES string of the molecule is CC(CC#N)N(C)c1cc(N)nc(C(F)(F)F)n1. The van der Waals surface area contributed by atoms with Crippen molar-refractivity contribution in [2.24, 2.45) is 0 Å². The van der Waals surface area contributed by atoms with Gasteiger partial charge in [-0.05, 0) is 6.92 Å². The topological polar surface area (TPSA) is 78.8 Å². The minimum absolute atomic E-state index is 0.0394. The Morgan fingerprint density at radius 3 is 2.61 bits per heavy atom. The molecule has 0 spiro atoms. The van der Waals surface area contributed by atoms with Crippen LogP contribution in [0.3, 0.4) is 0 Å². The van der Waals surface area contributed by atoms with Crippen molar-refractivity contribution in [3.63, 3.8) is 0 Å². The first kappa shape index (κ1) is 14.0. The minimum atomic E-state index is -4.65. The number of nitriles is 1. The van der Waals surface area contributed by atoms with E-state index in [1.54, 1.807) is 14.0 Å². The summed E-state index contributed by atoms with van der Waals surface area (Å²) in [6, 6.07) is 2.91. The lowest BCUT2D eigenvalue weighted by Crippen LogP contribution is -2.30. The summed E-state index contributed by atoms with van der Waals surface area (Å²) >= 11 is 0. The summed E-state index contributed by atoms with van der Waals surface area (Å²) in [7, 11) is 1.55. The first-order valence-electron chi connectivity index (χ1n) is 5.07. The van der Waals surface area contributed by atoms with E-state index in [2.05, 4.69) is 9.97 Å². The van der Waals surface area contributed by atoms with Gasteiger partial charge in [0.15, 0.2) is 0 Å². The fraction of sp³-hybridized carbons (Fsp3) is 0.500. The van der Waals surface area contributed by atoms with Gasteiger partial charge in [0.05, 0.1) is 12.5 Å². The summed E-state index contributed by atoms with van der Waals surface area (Å²) < 4.78 is 37.5. The molecule has 8 heteroatoms. The van der Waals surface area contributed by atoms with Crippen LogP contribution in [-0.2, 0) is 6.18 Å². The molecule has 98 valence electrons. The van der Waals surface area contributed by atoms with Crippen LogP contribution in [0, 0.1) is 11.3 Å². The van der Waals surface area contributed by atoms with Gasteiger partial charge in [-0.2, -0.15) is 18.4 Å². The van der Waals surface area contributed by atoms with Crippen molar-refractivity contribution >= 4 is 11.6 Å². The normalized spacial score (nSPS) is 12.9. The molecule has 0 amide bonds. The monoisotopic (exact) mass is 259 g/mol. The molecular weight excluding hydrogens is 247 g/mol. The average molecular weight is 259 g/mol. The van der Waals surface area contributed by atoms with E-state index in [-0.39, 0.29) is 24.1 Å². The molecule has 0 radical (unpaired) electrons. The molecule has 0 aromatic carbocycles. The number of hydrogen-bond acceptors (Lipinski definition) is 5. The maximum atomic E-state index is 12.5. The predicted molar refractivity (Wildman–Crippen MR) is 59.5 cm³/mol. The maximum absolute atomic E-state index is 12.5. The molecule has 0 saturated heterocycles. The average Bonchev–Trinajstić information content (AvgIpc) is 2.26. The van der Waals surface area contributed by atoms with Crippen LogP contribution < -0.4 is 10.6 Å². The highest BCUT2D eigenvalue weighted by Gasteiger charge is 2.35. The van der Waals surface area contributed by atoms with Crippen molar-refractivity contribution in [3.05, 3.63) is 11.9 Å². The molecule has 18 heavy (non-hydrogen) atoms. The molecule has 0 bridgehead atoms. The number of nitrogens with two attached hydrogens (primary N) is 1. The molecule has 1 unspecified atom stereocenters. The number of halogens is 3. The van der Waals surface area contributed by atoms with Gasteiger partial charge in [0.25, 0.3) is 0 Å². The Morgan fingerprint density at radius 2 is 2.11 bits per heavy atom. The Morgan fingerprint density at radius 1 is 1.50 bits per heavy atom. The molecule has 1 aromatic rings. The van der Waals surface area contributed by atoms with Crippen LogP contribution >= 0.6 is 0 Å². The molecular formula is C10H12F3N5. The number of alkyl halides is 3. The summed E-state index contributed by atoms with van der Waals surface area (Å²) in [5.41, 5.74) is 5.33. The fourth-order valence-electron chi connectivity index (χ4n) is 1.25. The molecule has 1 rings (SSSR count). The lowest BCUT2D eigenvalue weighted by Gasteiger charge is -2.24. The lowest BCUT2D eigenvalue weighted by molar-refractivity contribution is -0.144. The number of aromatic nitrogens is 2. The van der Waals surface area contributed by atoms with Crippen LogP contribution in [0.1, 0.15) is 19.2 Å². The summed E-state index contributed by atoms with van der Waals surface area (Å²) in [6.07, 6.45) is -4.48. The van der Waals surface area contributed by atoms with Crippen LogP contribution in [0.5, 0.6) is 0 Å². The molecule has 0 aliphatic rings. The zero-order valence-electron chi connectivity index (χ0n) is 9.86. The van der Waals surface area contributed by atoms with Gasteiger partial charge in [-0.15, -0.1) is 0 Å². The van der Waals surface area contributed by atoms with E-state index in [1.165, 1.54) is 11.0 Å². The van der Waals surface area contributed by atoms with Crippen LogP contribution in [-0.4, -0.2) is 23.1 Å². The zero-order chi connectivity index (χ0) is 13.9.